The normalized spacial score (nSPS) is 44.1. The highest BCUT2D eigenvalue weighted by molar-refractivity contribution is 5.92. The summed E-state index contributed by atoms with van der Waals surface area (Å²) in [5, 5.41) is 0. The van der Waals surface area contributed by atoms with Crippen molar-refractivity contribution in [2.45, 2.75) is 65.6 Å². The fourth-order valence-electron chi connectivity index (χ4n) is 4.63. The molecule has 0 aromatic carbocycles. The molecule has 3 rings (SSSR count). The van der Waals surface area contributed by atoms with Gasteiger partial charge in [-0.15, -0.1) is 0 Å². The van der Waals surface area contributed by atoms with Crippen LogP contribution in [0.2, 0.25) is 0 Å². The molecule has 3 heteroatoms. The highest BCUT2D eigenvalue weighted by atomic mass is 16.7. The molecule has 2 saturated carbocycles. The summed E-state index contributed by atoms with van der Waals surface area (Å²) in [6.07, 6.45) is 5.63. The molecular weight excluding hydrogens is 252 g/mol. The predicted octanol–water partition coefficient (Wildman–Crippen LogP) is 3.83. The van der Waals surface area contributed by atoms with E-state index in [1.165, 1.54) is 19.3 Å². The van der Waals surface area contributed by atoms with Gasteiger partial charge in [0.2, 0.25) is 5.79 Å². The zero-order valence-electron chi connectivity index (χ0n) is 13.1. The first-order chi connectivity index (χ1) is 9.43. The zero-order chi connectivity index (χ0) is 14.5. The van der Waals surface area contributed by atoms with Gasteiger partial charge in [-0.05, 0) is 43.9 Å². The van der Waals surface area contributed by atoms with Gasteiger partial charge < -0.3 is 9.47 Å². The lowest BCUT2D eigenvalue weighted by atomic mass is 9.53. The van der Waals surface area contributed by atoms with Gasteiger partial charge in [-0.3, -0.25) is 0 Å². The van der Waals surface area contributed by atoms with E-state index in [0.717, 1.165) is 24.0 Å². The molecule has 1 heterocycles. The van der Waals surface area contributed by atoms with Crippen molar-refractivity contribution in [1.82, 2.24) is 0 Å². The van der Waals surface area contributed by atoms with E-state index in [4.69, 9.17) is 9.47 Å². The van der Waals surface area contributed by atoms with Crippen LogP contribution < -0.4 is 0 Å². The summed E-state index contributed by atoms with van der Waals surface area (Å²) in [7, 11) is 0. The molecular formula is C17H26O3. The van der Waals surface area contributed by atoms with Gasteiger partial charge in [-0.2, -0.15) is 0 Å². The first-order valence-corrected chi connectivity index (χ1v) is 8.00. The third-order valence-electron chi connectivity index (χ3n) is 6.17. The fraction of sp³-hybridized carbons (Fsp3) is 0.824. The van der Waals surface area contributed by atoms with E-state index in [1.54, 1.807) is 0 Å². The Morgan fingerprint density at radius 1 is 1.40 bits per heavy atom. The van der Waals surface area contributed by atoms with Gasteiger partial charge in [0.25, 0.3) is 0 Å². The van der Waals surface area contributed by atoms with Gasteiger partial charge in [-0.25, -0.2) is 4.79 Å². The minimum absolute atomic E-state index is 0.177. The summed E-state index contributed by atoms with van der Waals surface area (Å²) in [6.45, 7) is 9.23. The van der Waals surface area contributed by atoms with Crippen molar-refractivity contribution in [2.24, 2.45) is 17.3 Å². The van der Waals surface area contributed by atoms with Crippen LogP contribution in [-0.4, -0.2) is 18.4 Å². The first kappa shape index (κ1) is 14.1. The third-order valence-corrected chi connectivity index (χ3v) is 6.17. The third kappa shape index (κ3) is 1.78. The average molecular weight is 278 g/mol. The Kier molecular flexibility index (Phi) is 3.24. The Balaban J connectivity index is 2.02. The number of hydrogen-bond acceptors (Lipinski definition) is 3. The predicted molar refractivity (Wildman–Crippen MR) is 77.0 cm³/mol. The number of fused-ring (bicyclic) bond motifs is 2. The van der Waals surface area contributed by atoms with Crippen LogP contribution in [0.3, 0.4) is 0 Å². The Hall–Kier alpha value is -0.830. The maximum Gasteiger partial charge on any atom is 0.336 e. The van der Waals surface area contributed by atoms with Crippen molar-refractivity contribution in [3.05, 3.63) is 11.1 Å². The molecule has 1 aliphatic heterocycles. The quantitative estimate of drug-likeness (QED) is 0.720. The highest BCUT2D eigenvalue weighted by Gasteiger charge is 2.58. The minimum atomic E-state index is -0.739. The van der Waals surface area contributed by atoms with Crippen molar-refractivity contribution in [1.29, 1.82) is 0 Å². The maximum absolute atomic E-state index is 12.1. The van der Waals surface area contributed by atoms with Crippen LogP contribution in [0.25, 0.3) is 0 Å². The average Bonchev–Trinajstić information content (AvgIpc) is 2.62. The van der Waals surface area contributed by atoms with Gasteiger partial charge in [0.05, 0.1) is 0 Å². The first-order valence-electron chi connectivity index (χ1n) is 8.00. The summed E-state index contributed by atoms with van der Waals surface area (Å²) in [5.74, 6) is 0.387. The molecule has 0 N–H and O–H groups in total. The molecule has 0 amide bonds. The molecule has 4 atom stereocenters. The summed E-state index contributed by atoms with van der Waals surface area (Å²) in [5.41, 5.74) is 2.21. The minimum Gasteiger partial charge on any atom is -0.426 e. The van der Waals surface area contributed by atoms with Crippen LogP contribution >= 0.6 is 0 Å². The molecule has 112 valence electrons. The SMILES string of the molecule is CCO[C@@]12C[C@@H]3CCC[C@H](C)[C@@]3(C)CC1=C(C)C(=O)O2. The van der Waals surface area contributed by atoms with Gasteiger partial charge in [0, 0.05) is 24.2 Å². The molecule has 0 spiro atoms. The van der Waals surface area contributed by atoms with Crippen molar-refractivity contribution in [2.75, 3.05) is 6.61 Å². The molecule has 0 aromatic rings. The van der Waals surface area contributed by atoms with E-state index >= 15 is 0 Å². The van der Waals surface area contributed by atoms with Crippen LogP contribution in [0.5, 0.6) is 0 Å². The standard InChI is InChI=1S/C17H26O3/c1-5-19-17-9-13-8-6-7-11(2)16(13,4)10-14(17)12(3)15(18)20-17/h11,13H,5-10H2,1-4H3/t11-,13-,16+,17+/m0/s1. The fourth-order valence-corrected chi connectivity index (χ4v) is 4.63. The molecule has 0 aromatic heterocycles. The van der Waals surface area contributed by atoms with Crippen molar-refractivity contribution >= 4 is 5.97 Å². The highest BCUT2D eigenvalue weighted by Crippen LogP contribution is 2.60. The van der Waals surface area contributed by atoms with Crippen LogP contribution in [0.1, 0.15) is 59.8 Å². The van der Waals surface area contributed by atoms with Crippen LogP contribution in [0, 0.1) is 17.3 Å². The molecule has 3 nitrogen and oxygen atoms in total. The van der Waals surface area contributed by atoms with Gasteiger partial charge in [0.15, 0.2) is 0 Å². The number of hydrogen-bond donors (Lipinski definition) is 0. The Bertz CT molecular complexity index is 467. The van der Waals surface area contributed by atoms with Gasteiger partial charge in [-0.1, -0.05) is 26.7 Å². The van der Waals surface area contributed by atoms with E-state index in [-0.39, 0.29) is 5.97 Å². The summed E-state index contributed by atoms with van der Waals surface area (Å²) >= 11 is 0. The summed E-state index contributed by atoms with van der Waals surface area (Å²) in [6, 6.07) is 0. The molecule has 3 aliphatic rings. The van der Waals surface area contributed by atoms with Crippen molar-refractivity contribution in [3.8, 4) is 0 Å². The summed E-state index contributed by atoms with van der Waals surface area (Å²) < 4.78 is 11.7. The molecule has 0 saturated heterocycles. The van der Waals surface area contributed by atoms with E-state index in [0.29, 0.717) is 23.9 Å². The smallest absolute Gasteiger partial charge is 0.336 e. The van der Waals surface area contributed by atoms with Gasteiger partial charge >= 0.3 is 5.97 Å². The van der Waals surface area contributed by atoms with Crippen LogP contribution in [0.15, 0.2) is 11.1 Å². The maximum atomic E-state index is 12.1. The van der Waals surface area contributed by atoms with Crippen molar-refractivity contribution < 1.29 is 14.3 Å². The number of rotatable bonds is 2. The Morgan fingerprint density at radius 3 is 2.85 bits per heavy atom. The van der Waals surface area contributed by atoms with E-state index < -0.39 is 5.79 Å². The zero-order valence-corrected chi connectivity index (χ0v) is 13.1. The van der Waals surface area contributed by atoms with Gasteiger partial charge in [0.1, 0.15) is 0 Å². The topological polar surface area (TPSA) is 35.5 Å². The molecule has 0 unspecified atom stereocenters. The van der Waals surface area contributed by atoms with E-state index in [1.807, 2.05) is 13.8 Å². The lowest BCUT2D eigenvalue weighted by Crippen LogP contribution is -2.51. The van der Waals surface area contributed by atoms with E-state index in [2.05, 4.69) is 13.8 Å². The van der Waals surface area contributed by atoms with Crippen molar-refractivity contribution in [3.63, 3.8) is 0 Å². The number of ether oxygens (including phenoxy) is 2. The number of carbonyl (C=O) groups excluding carboxylic acids is 1. The Morgan fingerprint density at radius 2 is 2.15 bits per heavy atom. The second-order valence-electron chi connectivity index (χ2n) is 7.09. The van der Waals surface area contributed by atoms with E-state index in [9.17, 15) is 4.79 Å². The lowest BCUT2D eigenvalue weighted by Gasteiger charge is -2.54. The lowest BCUT2D eigenvalue weighted by molar-refractivity contribution is -0.226. The largest absolute Gasteiger partial charge is 0.426 e. The molecule has 0 radical (unpaired) electrons. The summed E-state index contributed by atoms with van der Waals surface area (Å²) in [4.78, 5) is 12.1. The number of esters is 1. The second-order valence-corrected chi connectivity index (χ2v) is 7.09. The Labute approximate surface area is 121 Å². The molecule has 2 fully saturated rings. The molecule has 2 aliphatic carbocycles. The second kappa shape index (κ2) is 4.59. The molecule has 0 bridgehead atoms. The monoisotopic (exact) mass is 278 g/mol. The van der Waals surface area contributed by atoms with Crippen LogP contribution in [0.4, 0.5) is 0 Å². The molecule has 20 heavy (non-hydrogen) atoms. The van der Waals surface area contributed by atoms with Crippen LogP contribution in [-0.2, 0) is 14.3 Å². The number of carbonyl (C=O) groups is 1.